The van der Waals surface area contributed by atoms with E-state index in [-0.39, 0.29) is 23.7 Å². The molecule has 1 aromatic carbocycles. The lowest BCUT2D eigenvalue weighted by Crippen LogP contribution is -2.45. The Morgan fingerprint density at radius 1 is 1.21 bits per heavy atom. The summed E-state index contributed by atoms with van der Waals surface area (Å²) in [6, 6.07) is 7.72. The summed E-state index contributed by atoms with van der Waals surface area (Å²) in [6.07, 6.45) is 7.11. The van der Waals surface area contributed by atoms with E-state index < -0.39 is 0 Å². The van der Waals surface area contributed by atoms with Crippen LogP contribution in [0.1, 0.15) is 77.1 Å². The molecule has 1 amide bonds. The van der Waals surface area contributed by atoms with Gasteiger partial charge in [-0.25, -0.2) is 0 Å². The molecule has 0 N–H and O–H groups in total. The third-order valence-corrected chi connectivity index (χ3v) is 6.39. The van der Waals surface area contributed by atoms with E-state index in [2.05, 4.69) is 17.1 Å². The first-order chi connectivity index (χ1) is 14.1. The molecule has 29 heavy (non-hydrogen) atoms. The second-order valence-electron chi connectivity index (χ2n) is 8.61. The summed E-state index contributed by atoms with van der Waals surface area (Å²) in [5.41, 5.74) is 3.22. The highest BCUT2D eigenvalue weighted by Crippen LogP contribution is 2.40. The minimum atomic E-state index is 0.0501. The van der Waals surface area contributed by atoms with Crippen molar-refractivity contribution in [3.63, 3.8) is 0 Å². The van der Waals surface area contributed by atoms with Crippen molar-refractivity contribution in [3.8, 4) is 0 Å². The highest BCUT2D eigenvalue weighted by molar-refractivity contribution is 5.96. The molecular formula is C23H25N3O3. The maximum absolute atomic E-state index is 13.0. The number of nitrogens with zero attached hydrogens (tertiary/aromatic N) is 3. The van der Waals surface area contributed by atoms with Crippen LogP contribution in [-0.2, 0) is 6.42 Å². The highest BCUT2D eigenvalue weighted by atomic mass is 16.5. The van der Waals surface area contributed by atoms with Crippen LogP contribution in [0.25, 0.3) is 0 Å². The Balaban J connectivity index is 1.20. The van der Waals surface area contributed by atoms with Gasteiger partial charge in [-0.1, -0.05) is 11.2 Å². The van der Waals surface area contributed by atoms with Crippen LogP contribution in [0.2, 0.25) is 0 Å². The molecule has 3 aliphatic rings. The lowest BCUT2D eigenvalue weighted by molar-refractivity contribution is 0.0565. The van der Waals surface area contributed by atoms with E-state index in [1.807, 2.05) is 35.4 Å². The third kappa shape index (κ3) is 3.63. The predicted molar refractivity (Wildman–Crippen MR) is 109 cm³/mol. The van der Waals surface area contributed by atoms with Crippen molar-refractivity contribution >= 4 is 23.6 Å². The molecular weight excluding hydrogens is 366 g/mol. The molecule has 150 valence electrons. The van der Waals surface area contributed by atoms with Crippen molar-refractivity contribution in [2.24, 2.45) is 10.9 Å². The number of hydrogen-bond donors (Lipinski definition) is 0. The van der Waals surface area contributed by atoms with E-state index in [1.165, 1.54) is 5.56 Å². The topological polar surface area (TPSA) is 75.8 Å². The number of aliphatic imine (C=N–C) groups is 1. The van der Waals surface area contributed by atoms with Crippen molar-refractivity contribution < 1.29 is 14.1 Å². The molecule has 0 unspecified atom stereocenters. The maximum atomic E-state index is 13.0. The standard InChI is InChI=1S/C23H25N3O3/c1-14-10-15(11-21(27)20-13-22(29-25-20)17-3-4-17)7-9-26(14)23(28)18-5-2-16-6-8-24-19(16)12-18/h2,5,8,12-15,17H,3-4,6-7,9-11H2,1H3/t14-,15-/m1/s1. The van der Waals surface area contributed by atoms with Gasteiger partial charge in [0.15, 0.2) is 5.78 Å². The minimum Gasteiger partial charge on any atom is -0.360 e. The van der Waals surface area contributed by atoms with Crippen molar-refractivity contribution in [3.05, 3.63) is 46.8 Å². The smallest absolute Gasteiger partial charge is 0.254 e. The molecule has 6 nitrogen and oxygen atoms in total. The zero-order valence-electron chi connectivity index (χ0n) is 16.6. The summed E-state index contributed by atoms with van der Waals surface area (Å²) in [6.45, 7) is 2.74. The summed E-state index contributed by atoms with van der Waals surface area (Å²) in [5.74, 6) is 1.68. The fourth-order valence-electron chi connectivity index (χ4n) is 4.50. The second kappa shape index (κ2) is 7.25. The monoisotopic (exact) mass is 391 g/mol. The number of carbonyl (C=O) groups excluding carboxylic acids is 2. The zero-order valence-corrected chi connectivity index (χ0v) is 16.6. The first-order valence-corrected chi connectivity index (χ1v) is 10.5. The number of piperidine rings is 1. The molecule has 1 aliphatic carbocycles. The molecule has 2 aliphatic heterocycles. The summed E-state index contributed by atoms with van der Waals surface area (Å²) >= 11 is 0. The average molecular weight is 391 g/mol. The number of carbonyl (C=O) groups is 2. The Hall–Kier alpha value is -2.76. The first kappa shape index (κ1) is 18.3. The van der Waals surface area contributed by atoms with E-state index in [1.54, 1.807) is 0 Å². The maximum Gasteiger partial charge on any atom is 0.254 e. The van der Waals surface area contributed by atoms with Gasteiger partial charge in [0.1, 0.15) is 11.5 Å². The van der Waals surface area contributed by atoms with Crippen LogP contribution in [0, 0.1) is 5.92 Å². The molecule has 2 aromatic rings. The molecule has 3 heterocycles. The van der Waals surface area contributed by atoms with Crippen molar-refractivity contribution in [1.82, 2.24) is 10.1 Å². The number of likely N-dealkylation sites (tertiary alicyclic amines) is 1. The van der Waals surface area contributed by atoms with Crippen LogP contribution >= 0.6 is 0 Å². The van der Waals surface area contributed by atoms with Gasteiger partial charge in [0.2, 0.25) is 0 Å². The largest absolute Gasteiger partial charge is 0.360 e. The van der Waals surface area contributed by atoms with Gasteiger partial charge in [-0.05, 0) is 56.2 Å². The fourth-order valence-corrected chi connectivity index (χ4v) is 4.50. The van der Waals surface area contributed by atoms with Gasteiger partial charge >= 0.3 is 0 Å². The van der Waals surface area contributed by atoms with E-state index in [9.17, 15) is 9.59 Å². The van der Waals surface area contributed by atoms with E-state index in [0.29, 0.717) is 30.1 Å². The Bertz CT molecular complexity index is 989. The molecule has 1 saturated carbocycles. The summed E-state index contributed by atoms with van der Waals surface area (Å²) < 4.78 is 5.32. The van der Waals surface area contributed by atoms with Crippen LogP contribution in [0.15, 0.2) is 33.8 Å². The molecule has 0 radical (unpaired) electrons. The lowest BCUT2D eigenvalue weighted by atomic mass is 9.86. The quantitative estimate of drug-likeness (QED) is 0.711. The van der Waals surface area contributed by atoms with Gasteiger partial charge in [0.25, 0.3) is 5.91 Å². The van der Waals surface area contributed by atoms with Crippen LogP contribution in [0.3, 0.4) is 0 Å². The SMILES string of the molecule is C[C@@H]1C[C@H](CC(=O)c2cc(C3CC3)on2)CCN1C(=O)c1ccc2c(c1)N=CC2. The van der Waals surface area contributed by atoms with Crippen molar-refractivity contribution in [2.75, 3.05) is 6.54 Å². The van der Waals surface area contributed by atoms with Crippen LogP contribution in [0.5, 0.6) is 0 Å². The fraction of sp³-hybridized carbons (Fsp3) is 0.478. The highest BCUT2D eigenvalue weighted by Gasteiger charge is 2.32. The number of amides is 1. The summed E-state index contributed by atoms with van der Waals surface area (Å²) in [4.78, 5) is 31.9. The van der Waals surface area contributed by atoms with E-state index in [0.717, 1.165) is 43.6 Å². The van der Waals surface area contributed by atoms with Gasteiger partial charge in [-0.2, -0.15) is 0 Å². The Morgan fingerprint density at radius 2 is 2.07 bits per heavy atom. The molecule has 1 saturated heterocycles. The molecule has 0 bridgehead atoms. The molecule has 0 spiro atoms. The Kier molecular flexibility index (Phi) is 4.57. The van der Waals surface area contributed by atoms with Crippen molar-refractivity contribution in [2.45, 2.75) is 57.4 Å². The lowest BCUT2D eigenvalue weighted by Gasteiger charge is -2.37. The van der Waals surface area contributed by atoms with Gasteiger partial charge in [-0.15, -0.1) is 0 Å². The summed E-state index contributed by atoms with van der Waals surface area (Å²) in [5, 5.41) is 3.97. The average Bonchev–Trinajstić information content (AvgIpc) is 3.26. The minimum absolute atomic E-state index is 0.0501. The molecule has 2 fully saturated rings. The van der Waals surface area contributed by atoms with Crippen molar-refractivity contribution in [1.29, 1.82) is 0 Å². The molecule has 1 aromatic heterocycles. The first-order valence-electron chi connectivity index (χ1n) is 10.5. The van der Waals surface area contributed by atoms with Crippen LogP contribution in [0.4, 0.5) is 5.69 Å². The second-order valence-corrected chi connectivity index (χ2v) is 8.61. The van der Waals surface area contributed by atoms with Crippen LogP contribution in [-0.4, -0.2) is 40.5 Å². The number of ketones is 1. The van der Waals surface area contributed by atoms with Gasteiger partial charge in [0, 0.05) is 49.2 Å². The third-order valence-electron chi connectivity index (χ3n) is 6.39. The van der Waals surface area contributed by atoms with Gasteiger partial charge in [-0.3, -0.25) is 14.6 Å². The number of fused-ring (bicyclic) bond motifs is 1. The summed E-state index contributed by atoms with van der Waals surface area (Å²) in [7, 11) is 0. The Morgan fingerprint density at radius 3 is 2.86 bits per heavy atom. The van der Waals surface area contributed by atoms with E-state index in [4.69, 9.17) is 4.52 Å². The van der Waals surface area contributed by atoms with Gasteiger partial charge in [0.05, 0.1) is 5.69 Å². The number of benzene rings is 1. The molecule has 2 atom stereocenters. The Labute approximate surface area is 170 Å². The number of hydrogen-bond acceptors (Lipinski definition) is 5. The number of rotatable bonds is 5. The normalized spacial score (nSPS) is 23.3. The number of aromatic nitrogens is 1. The van der Waals surface area contributed by atoms with Gasteiger partial charge < -0.3 is 9.42 Å². The van der Waals surface area contributed by atoms with Crippen LogP contribution < -0.4 is 0 Å². The predicted octanol–water partition coefficient (Wildman–Crippen LogP) is 4.32. The number of Topliss-reactive ketones (excluding diaryl/α,β-unsaturated/α-hetero) is 1. The molecule has 6 heteroatoms. The molecule has 5 rings (SSSR count). The van der Waals surface area contributed by atoms with E-state index >= 15 is 0 Å². The zero-order chi connectivity index (χ0) is 20.0.